The van der Waals surface area contributed by atoms with E-state index in [-0.39, 0.29) is 5.69 Å². The molecule has 0 aliphatic carbocycles. The van der Waals surface area contributed by atoms with E-state index in [9.17, 15) is 18.0 Å². The van der Waals surface area contributed by atoms with E-state index in [1.165, 1.54) is 12.3 Å². The van der Waals surface area contributed by atoms with Crippen LogP contribution in [0, 0.1) is 0 Å². The van der Waals surface area contributed by atoms with Crippen molar-refractivity contribution >= 4 is 41.0 Å². The molecule has 0 radical (unpaired) electrons. The van der Waals surface area contributed by atoms with Crippen molar-refractivity contribution in [3.05, 3.63) is 69.8 Å². The van der Waals surface area contributed by atoms with Gasteiger partial charge in [0.2, 0.25) is 0 Å². The minimum Gasteiger partial charge on any atom is -0.314 e. The number of carbonyl (C=O) groups is 1. The maximum atomic E-state index is 12.8. The van der Waals surface area contributed by atoms with Gasteiger partial charge in [0, 0.05) is 16.9 Å². The van der Waals surface area contributed by atoms with E-state index in [0.29, 0.717) is 5.02 Å². The van der Waals surface area contributed by atoms with Crippen molar-refractivity contribution in [3.63, 3.8) is 0 Å². The minimum atomic E-state index is -4.60. The number of amides is 2. The van der Waals surface area contributed by atoms with Crippen molar-refractivity contribution in [2.45, 2.75) is 6.18 Å². The molecule has 0 unspecified atom stereocenters. The van der Waals surface area contributed by atoms with Crippen molar-refractivity contribution in [2.24, 2.45) is 0 Å². The van der Waals surface area contributed by atoms with Gasteiger partial charge in [-0.15, -0.1) is 0 Å². The van der Waals surface area contributed by atoms with Gasteiger partial charge < -0.3 is 10.6 Å². The molecule has 2 rings (SSSR count). The first kappa shape index (κ1) is 18.2. The van der Waals surface area contributed by atoms with Crippen LogP contribution in [0.1, 0.15) is 11.1 Å². The van der Waals surface area contributed by atoms with Crippen LogP contribution in [0.3, 0.4) is 0 Å². The first-order chi connectivity index (χ1) is 11.3. The quantitative estimate of drug-likeness (QED) is 0.699. The van der Waals surface area contributed by atoms with E-state index in [2.05, 4.69) is 10.6 Å². The summed E-state index contributed by atoms with van der Waals surface area (Å²) in [5, 5.41) is 4.84. The average molecular weight is 375 g/mol. The number of nitrogens with one attached hydrogen (secondary N) is 2. The van der Waals surface area contributed by atoms with Gasteiger partial charge in [0.25, 0.3) is 0 Å². The van der Waals surface area contributed by atoms with Gasteiger partial charge in [-0.3, -0.25) is 0 Å². The van der Waals surface area contributed by atoms with Crippen LogP contribution in [0.4, 0.5) is 23.7 Å². The summed E-state index contributed by atoms with van der Waals surface area (Å²) in [6, 6.07) is 9.30. The van der Waals surface area contributed by atoms with Crippen LogP contribution in [0.15, 0.2) is 48.7 Å². The molecule has 0 heterocycles. The maximum Gasteiger partial charge on any atom is 0.417 e. The third-order valence-electron chi connectivity index (χ3n) is 2.89. The van der Waals surface area contributed by atoms with Crippen LogP contribution in [-0.2, 0) is 6.18 Å². The van der Waals surface area contributed by atoms with Crippen LogP contribution < -0.4 is 10.6 Å². The second kappa shape index (κ2) is 7.59. The highest BCUT2D eigenvalue weighted by atomic mass is 35.5. The highest BCUT2D eigenvalue weighted by Crippen LogP contribution is 2.36. The molecule has 24 heavy (non-hydrogen) atoms. The number of halogens is 5. The van der Waals surface area contributed by atoms with E-state index in [4.69, 9.17) is 23.2 Å². The van der Waals surface area contributed by atoms with E-state index in [0.717, 1.165) is 17.7 Å². The zero-order valence-electron chi connectivity index (χ0n) is 12.0. The van der Waals surface area contributed by atoms with E-state index in [1.807, 2.05) is 0 Å². The Morgan fingerprint density at radius 2 is 1.71 bits per heavy atom. The van der Waals surface area contributed by atoms with Crippen molar-refractivity contribution in [1.29, 1.82) is 0 Å². The topological polar surface area (TPSA) is 41.1 Å². The fourth-order valence-electron chi connectivity index (χ4n) is 1.77. The van der Waals surface area contributed by atoms with Crippen LogP contribution >= 0.6 is 23.2 Å². The van der Waals surface area contributed by atoms with Gasteiger partial charge in [-0.2, -0.15) is 13.2 Å². The Kier molecular flexibility index (Phi) is 5.75. The van der Waals surface area contributed by atoms with Gasteiger partial charge in [0.05, 0.1) is 10.6 Å². The molecule has 126 valence electrons. The van der Waals surface area contributed by atoms with Crippen molar-refractivity contribution in [1.82, 2.24) is 5.32 Å². The Morgan fingerprint density at radius 3 is 2.33 bits per heavy atom. The van der Waals surface area contributed by atoms with Gasteiger partial charge >= 0.3 is 12.2 Å². The summed E-state index contributed by atoms with van der Waals surface area (Å²) >= 11 is 11.3. The minimum absolute atomic E-state index is 0.0240. The first-order valence-electron chi connectivity index (χ1n) is 6.62. The SMILES string of the molecule is O=C(N/C=C/c1ccc(Cl)cc1)Nc1ccc(Cl)c(C(F)(F)F)c1. The summed E-state index contributed by atoms with van der Waals surface area (Å²) < 4.78 is 38.3. The molecule has 0 saturated carbocycles. The normalized spacial score (nSPS) is 11.5. The third kappa shape index (κ3) is 5.18. The average Bonchev–Trinajstić information content (AvgIpc) is 2.50. The van der Waals surface area contributed by atoms with Crippen LogP contribution in [0.2, 0.25) is 10.0 Å². The second-order valence-electron chi connectivity index (χ2n) is 4.68. The van der Waals surface area contributed by atoms with Crippen molar-refractivity contribution < 1.29 is 18.0 Å². The van der Waals surface area contributed by atoms with Crippen LogP contribution in [0.5, 0.6) is 0 Å². The number of anilines is 1. The molecule has 0 aliphatic heterocycles. The number of hydrogen-bond donors (Lipinski definition) is 2. The number of benzene rings is 2. The molecule has 0 spiro atoms. The van der Waals surface area contributed by atoms with Crippen molar-refractivity contribution in [2.75, 3.05) is 5.32 Å². The predicted octanol–water partition coefficient (Wildman–Crippen LogP) is 5.80. The Hall–Kier alpha value is -2.18. The summed E-state index contributed by atoms with van der Waals surface area (Å²) in [7, 11) is 0. The lowest BCUT2D eigenvalue weighted by Crippen LogP contribution is -2.24. The molecular formula is C16H11Cl2F3N2O. The number of carbonyl (C=O) groups excluding carboxylic acids is 1. The smallest absolute Gasteiger partial charge is 0.314 e. The highest BCUT2D eigenvalue weighted by Gasteiger charge is 2.33. The molecule has 3 nitrogen and oxygen atoms in total. The van der Waals surface area contributed by atoms with Gasteiger partial charge in [-0.05, 0) is 42.0 Å². The number of hydrogen-bond acceptors (Lipinski definition) is 1. The number of alkyl halides is 3. The van der Waals surface area contributed by atoms with Crippen LogP contribution in [0.25, 0.3) is 6.08 Å². The summed E-state index contributed by atoms with van der Waals surface area (Å²) in [6.45, 7) is 0. The molecule has 0 aliphatic rings. The standard InChI is InChI=1S/C16H11Cl2F3N2O/c17-11-3-1-10(2-4-11)7-8-22-15(24)23-12-5-6-14(18)13(9-12)16(19,20)21/h1-9H,(H2,22,23,24)/b8-7+. The Morgan fingerprint density at radius 1 is 1.04 bits per heavy atom. The van der Waals surface area contributed by atoms with E-state index in [1.54, 1.807) is 30.3 Å². The fraction of sp³-hybridized carbons (Fsp3) is 0.0625. The first-order valence-corrected chi connectivity index (χ1v) is 7.38. The number of rotatable bonds is 3. The molecule has 0 aromatic heterocycles. The molecule has 2 aromatic rings. The molecule has 2 N–H and O–H groups in total. The zero-order chi connectivity index (χ0) is 17.7. The lowest BCUT2D eigenvalue weighted by atomic mass is 10.2. The van der Waals surface area contributed by atoms with Gasteiger partial charge in [-0.25, -0.2) is 4.79 Å². The third-order valence-corrected chi connectivity index (χ3v) is 3.47. The Bertz CT molecular complexity index is 759. The summed E-state index contributed by atoms with van der Waals surface area (Å²) in [6.07, 6.45) is -1.63. The fourth-order valence-corrected chi connectivity index (χ4v) is 2.13. The molecule has 0 saturated heterocycles. The van der Waals surface area contributed by atoms with Gasteiger partial charge in [-0.1, -0.05) is 35.3 Å². The van der Waals surface area contributed by atoms with Crippen LogP contribution in [-0.4, -0.2) is 6.03 Å². The highest BCUT2D eigenvalue weighted by molar-refractivity contribution is 6.31. The molecule has 8 heteroatoms. The Balaban J connectivity index is 1.98. The zero-order valence-corrected chi connectivity index (χ0v) is 13.5. The summed E-state index contributed by atoms with van der Waals surface area (Å²) in [5.41, 5.74) is -0.242. The maximum absolute atomic E-state index is 12.8. The molecule has 0 bridgehead atoms. The molecular weight excluding hydrogens is 364 g/mol. The van der Waals surface area contributed by atoms with Crippen molar-refractivity contribution in [3.8, 4) is 0 Å². The monoisotopic (exact) mass is 374 g/mol. The predicted molar refractivity (Wildman–Crippen MR) is 89.1 cm³/mol. The second-order valence-corrected chi connectivity index (χ2v) is 5.52. The lowest BCUT2D eigenvalue weighted by Gasteiger charge is -2.11. The summed E-state index contributed by atoms with van der Waals surface area (Å²) in [4.78, 5) is 11.7. The molecule has 0 fully saturated rings. The largest absolute Gasteiger partial charge is 0.417 e. The molecule has 0 atom stereocenters. The molecule has 2 aromatic carbocycles. The number of urea groups is 1. The lowest BCUT2D eigenvalue weighted by molar-refractivity contribution is -0.137. The van der Waals surface area contributed by atoms with Gasteiger partial charge in [0.1, 0.15) is 0 Å². The molecule has 2 amide bonds. The van der Waals surface area contributed by atoms with E-state index < -0.39 is 22.8 Å². The van der Waals surface area contributed by atoms with Gasteiger partial charge in [0.15, 0.2) is 0 Å². The summed E-state index contributed by atoms with van der Waals surface area (Å²) in [5.74, 6) is 0. The Labute approximate surface area is 146 Å². The van der Waals surface area contributed by atoms with E-state index >= 15 is 0 Å².